The van der Waals surface area contributed by atoms with Crippen LogP contribution >= 0.6 is 0 Å². The van der Waals surface area contributed by atoms with Crippen molar-refractivity contribution in [2.24, 2.45) is 5.73 Å². The molecular formula is C25H26N4O4. The van der Waals surface area contributed by atoms with Crippen molar-refractivity contribution in [3.8, 4) is 23.7 Å². The predicted octanol–water partition coefficient (Wildman–Crippen LogP) is -0.241. The van der Waals surface area contributed by atoms with E-state index < -0.39 is 35.9 Å². The fraction of sp³-hybridized carbons (Fsp3) is 0.240. The van der Waals surface area contributed by atoms with Gasteiger partial charge in [0.15, 0.2) is 0 Å². The molecule has 3 atom stereocenters. The van der Waals surface area contributed by atoms with Gasteiger partial charge in [0.25, 0.3) is 5.91 Å². The largest absolute Gasteiger partial charge is 0.391 e. The summed E-state index contributed by atoms with van der Waals surface area (Å²) in [5.74, 6) is 9.58. The number of hydrogen-bond donors (Lipinski definition) is 5. The van der Waals surface area contributed by atoms with Crippen LogP contribution in [0.2, 0.25) is 0 Å². The van der Waals surface area contributed by atoms with E-state index in [4.69, 9.17) is 5.73 Å². The second kappa shape index (κ2) is 12.7. The van der Waals surface area contributed by atoms with Gasteiger partial charge in [-0.2, -0.15) is 0 Å². The van der Waals surface area contributed by atoms with Crippen molar-refractivity contribution in [1.82, 2.24) is 16.0 Å². The van der Waals surface area contributed by atoms with E-state index in [2.05, 4.69) is 39.6 Å². The molecule has 33 heavy (non-hydrogen) atoms. The zero-order valence-electron chi connectivity index (χ0n) is 18.4. The van der Waals surface area contributed by atoms with Crippen LogP contribution in [0.1, 0.15) is 28.4 Å². The Kier molecular flexibility index (Phi) is 9.66. The van der Waals surface area contributed by atoms with Crippen LogP contribution in [-0.2, 0) is 9.59 Å². The fourth-order valence-electron chi connectivity index (χ4n) is 2.73. The molecule has 0 radical (unpaired) electrons. The summed E-state index contributed by atoms with van der Waals surface area (Å²) in [7, 11) is 1.41. The number of carbonyl (C=O) groups is 3. The number of carbonyl (C=O) groups excluding carboxylic acids is 3. The molecule has 0 bridgehead atoms. The zero-order valence-corrected chi connectivity index (χ0v) is 18.4. The van der Waals surface area contributed by atoms with Crippen molar-refractivity contribution in [1.29, 1.82) is 0 Å². The number of hydrogen-bond acceptors (Lipinski definition) is 5. The molecule has 8 nitrogen and oxygen atoms in total. The van der Waals surface area contributed by atoms with Gasteiger partial charge in [0.2, 0.25) is 11.8 Å². The van der Waals surface area contributed by atoms with Crippen molar-refractivity contribution in [3.63, 3.8) is 0 Å². The Morgan fingerprint density at radius 3 is 2.00 bits per heavy atom. The minimum Gasteiger partial charge on any atom is -0.391 e. The molecule has 0 saturated carbocycles. The first kappa shape index (κ1) is 25.2. The van der Waals surface area contributed by atoms with Crippen LogP contribution in [0.5, 0.6) is 0 Å². The maximum atomic E-state index is 12.6. The van der Waals surface area contributed by atoms with E-state index in [1.165, 1.54) is 14.0 Å². The highest BCUT2D eigenvalue weighted by atomic mass is 16.3. The molecule has 0 aliphatic carbocycles. The number of nitrogens with one attached hydrogen (secondary N) is 3. The van der Waals surface area contributed by atoms with Crippen LogP contribution in [0, 0.1) is 23.7 Å². The molecule has 0 spiro atoms. The third-order valence-electron chi connectivity index (χ3n) is 4.56. The molecule has 2 aromatic rings. The highest BCUT2D eigenvalue weighted by molar-refractivity contribution is 5.98. The quantitative estimate of drug-likeness (QED) is 0.374. The van der Waals surface area contributed by atoms with Crippen LogP contribution in [0.15, 0.2) is 54.6 Å². The van der Waals surface area contributed by atoms with Gasteiger partial charge in [-0.3, -0.25) is 14.4 Å². The van der Waals surface area contributed by atoms with Gasteiger partial charge < -0.3 is 26.8 Å². The number of likely N-dealkylation sites (N-methyl/N-ethyl adjacent to an activating group) is 1. The van der Waals surface area contributed by atoms with Crippen molar-refractivity contribution in [2.45, 2.75) is 25.1 Å². The molecule has 3 amide bonds. The second-order valence-corrected chi connectivity index (χ2v) is 7.05. The van der Waals surface area contributed by atoms with Gasteiger partial charge in [-0.25, -0.2) is 0 Å². The van der Waals surface area contributed by atoms with Gasteiger partial charge in [0.1, 0.15) is 12.1 Å². The Hall–Kier alpha value is -4.11. The minimum atomic E-state index is -1.27. The van der Waals surface area contributed by atoms with Crippen LogP contribution < -0.4 is 21.7 Å². The second-order valence-electron chi connectivity index (χ2n) is 7.05. The smallest absolute Gasteiger partial charge is 0.252 e. The van der Waals surface area contributed by atoms with Crippen LogP contribution in [0.4, 0.5) is 0 Å². The van der Waals surface area contributed by atoms with E-state index >= 15 is 0 Å². The molecule has 2 aromatic carbocycles. The van der Waals surface area contributed by atoms with E-state index in [-0.39, 0.29) is 12.1 Å². The van der Waals surface area contributed by atoms with Crippen molar-refractivity contribution in [3.05, 3.63) is 71.3 Å². The molecule has 0 aliphatic heterocycles. The van der Waals surface area contributed by atoms with Crippen molar-refractivity contribution < 1.29 is 19.5 Å². The number of aliphatic hydroxyl groups is 1. The summed E-state index contributed by atoms with van der Waals surface area (Å²) in [6, 6.07) is 13.6. The van der Waals surface area contributed by atoms with Gasteiger partial charge in [0.05, 0.1) is 6.10 Å². The first-order valence-corrected chi connectivity index (χ1v) is 10.2. The van der Waals surface area contributed by atoms with E-state index in [0.717, 1.165) is 5.56 Å². The molecule has 0 fully saturated rings. The van der Waals surface area contributed by atoms with Gasteiger partial charge in [-0.05, 0) is 55.2 Å². The van der Waals surface area contributed by atoms with Crippen molar-refractivity contribution >= 4 is 17.7 Å². The van der Waals surface area contributed by atoms with Crippen LogP contribution in [0.25, 0.3) is 0 Å². The summed E-state index contributed by atoms with van der Waals surface area (Å²) in [5, 5.41) is 17.3. The number of benzene rings is 2. The molecule has 6 N–H and O–H groups in total. The predicted molar refractivity (Wildman–Crippen MR) is 125 cm³/mol. The van der Waals surface area contributed by atoms with Crippen molar-refractivity contribution in [2.75, 3.05) is 13.6 Å². The highest BCUT2D eigenvalue weighted by Crippen LogP contribution is 2.05. The zero-order chi connectivity index (χ0) is 24.2. The maximum absolute atomic E-state index is 12.6. The lowest BCUT2D eigenvalue weighted by molar-refractivity contribution is -0.130. The molecule has 8 heteroatoms. The summed E-state index contributed by atoms with van der Waals surface area (Å²) in [4.78, 5) is 36.8. The third-order valence-corrected chi connectivity index (χ3v) is 4.56. The SMILES string of the molecule is CNC(=O)C(CN)NC(=O)C(NC(=O)c1ccc(C#CC#Cc2ccccc2)cc1)C(C)O. The highest BCUT2D eigenvalue weighted by Gasteiger charge is 2.29. The minimum absolute atomic E-state index is 0.135. The molecule has 3 unspecified atom stereocenters. The molecular weight excluding hydrogens is 420 g/mol. The summed E-state index contributed by atoms with van der Waals surface area (Å²) in [5.41, 5.74) is 7.31. The van der Waals surface area contributed by atoms with E-state index in [1.54, 1.807) is 24.3 Å². The summed E-state index contributed by atoms with van der Waals surface area (Å²) in [6.45, 7) is 1.22. The molecule has 0 saturated heterocycles. The number of rotatable bonds is 7. The Bertz CT molecular complexity index is 1090. The summed E-state index contributed by atoms with van der Waals surface area (Å²) in [6.07, 6.45) is -1.20. The standard InChI is InChI=1S/C25H26N4O4/c1-17(30)22(25(33)28-21(16-26)24(32)27-2)29-23(31)20-14-12-19(13-15-20)11-7-6-10-18-8-4-3-5-9-18/h3-5,8-9,12-15,17,21-22,30H,16,26H2,1-2H3,(H,27,32)(H,28,33)(H,29,31). The Morgan fingerprint density at radius 1 is 0.909 bits per heavy atom. The van der Waals surface area contributed by atoms with E-state index in [9.17, 15) is 19.5 Å². The Balaban J connectivity index is 2.03. The normalized spacial score (nSPS) is 12.5. The summed E-state index contributed by atoms with van der Waals surface area (Å²) >= 11 is 0. The number of aliphatic hydroxyl groups excluding tert-OH is 1. The lowest BCUT2D eigenvalue weighted by Gasteiger charge is -2.23. The molecule has 0 heterocycles. The molecule has 0 aromatic heterocycles. The first-order valence-electron chi connectivity index (χ1n) is 10.2. The first-order chi connectivity index (χ1) is 15.8. The van der Waals surface area contributed by atoms with Gasteiger partial charge in [-0.1, -0.05) is 30.0 Å². The molecule has 170 valence electrons. The average molecular weight is 447 g/mol. The van der Waals surface area contributed by atoms with E-state index in [1.807, 2.05) is 30.3 Å². The third kappa shape index (κ3) is 7.82. The number of amides is 3. The molecule has 2 rings (SSSR count). The van der Waals surface area contributed by atoms with Gasteiger partial charge >= 0.3 is 0 Å². The lowest BCUT2D eigenvalue weighted by atomic mass is 10.1. The van der Waals surface area contributed by atoms with Crippen LogP contribution in [0.3, 0.4) is 0 Å². The lowest BCUT2D eigenvalue weighted by Crippen LogP contribution is -2.58. The van der Waals surface area contributed by atoms with E-state index in [0.29, 0.717) is 5.56 Å². The topological polar surface area (TPSA) is 134 Å². The molecule has 0 aliphatic rings. The Labute approximate surface area is 192 Å². The summed E-state index contributed by atoms with van der Waals surface area (Å²) < 4.78 is 0. The van der Waals surface area contributed by atoms with Crippen LogP contribution in [-0.4, -0.2) is 54.6 Å². The Morgan fingerprint density at radius 2 is 1.48 bits per heavy atom. The van der Waals surface area contributed by atoms with Gasteiger partial charge in [0, 0.05) is 30.3 Å². The number of nitrogens with two attached hydrogens (primary N) is 1. The average Bonchev–Trinajstić information content (AvgIpc) is 2.83. The van der Waals surface area contributed by atoms with Gasteiger partial charge in [-0.15, -0.1) is 0 Å². The maximum Gasteiger partial charge on any atom is 0.252 e. The monoisotopic (exact) mass is 446 g/mol. The fourth-order valence-corrected chi connectivity index (χ4v) is 2.73.